The number of hydrogen-bond donors (Lipinski definition) is 1. The van der Waals surface area contributed by atoms with Crippen LogP contribution in [0.3, 0.4) is 0 Å². The maximum absolute atomic E-state index is 14.2. The molecule has 4 aromatic rings. The molecule has 1 N–H and O–H groups in total. The Morgan fingerprint density at radius 2 is 1.43 bits per heavy atom. The number of nitrogens with zero attached hydrogens (tertiary/aromatic N) is 1. The van der Waals surface area contributed by atoms with Gasteiger partial charge >= 0.3 is 0 Å². The summed E-state index contributed by atoms with van der Waals surface area (Å²) < 4.78 is 0. The van der Waals surface area contributed by atoms with Gasteiger partial charge in [0.05, 0.1) is 5.41 Å². The Hall–Kier alpha value is -3.40. The van der Waals surface area contributed by atoms with E-state index in [1.807, 2.05) is 12.1 Å². The van der Waals surface area contributed by atoms with Crippen LogP contribution in [0, 0.1) is 12.8 Å². The first-order valence-electron chi connectivity index (χ1n) is 14.5. The molecule has 1 amide bonds. The molecule has 1 aliphatic heterocycles. The molecular weight excluding hydrogens is 512 g/mol. The Kier molecular flexibility index (Phi) is 7.78. The average molecular weight is 549 g/mol. The van der Waals surface area contributed by atoms with Crippen LogP contribution >= 0.6 is 11.6 Å². The highest BCUT2D eigenvalue weighted by Crippen LogP contribution is 2.45. The molecular formula is C36H37ClN2O. The molecule has 0 spiro atoms. The highest BCUT2D eigenvalue weighted by Gasteiger charge is 2.50. The van der Waals surface area contributed by atoms with Crippen molar-refractivity contribution in [2.24, 2.45) is 5.92 Å². The third-order valence-electron chi connectivity index (χ3n) is 9.15. The second kappa shape index (κ2) is 11.6. The van der Waals surface area contributed by atoms with Gasteiger partial charge in [0, 0.05) is 36.6 Å². The van der Waals surface area contributed by atoms with E-state index in [4.69, 9.17) is 11.6 Å². The van der Waals surface area contributed by atoms with Gasteiger partial charge in [-0.05, 0) is 72.1 Å². The van der Waals surface area contributed by atoms with Gasteiger partial charge in [0.1, 0.15) is 0 Å². The van der Waals surface area contributed by atoms with Crippen molar-refractivity contribution in [3.05, 3.63) is 142 Å². The van der Waals surface area contributed by atoms with E-state index in [0.717, 1.165) is 43.9 Å². The van der Waals surface area contributed by atoms with Crippen LogP contribution in [0.1, 0.15) is 53.0 Å². The monoisotopic (exact) mass is 548 g/mol. The number of halogens is 1. The van der Waals surface area contributed by atoms with E-state index in [1.54, 1.807) is 0 Å². The van der Waals surface area contributed by atoms with Gasteiger partial charge in [0.2, 0.25) is 5.91 Å². The number of hydrogen-bond acceptors (Lipinski definition) is 2. The molecule has 2 aliphatic rings. The first kappa shape index (κ1) is 26.8. The number of benzene rings is 4. The molecule has 40 heavy (non-hydrogen) atoms. The summed E-state index contributed by atoms with van der Waals surface area (Å²) in [5.41, 5.74) is 6.25. The lowest BCUT2D eigenvalue weighted by atomic mass is 9.66. The lowest BCUT2D eigenvalue weighted by molar-refractivity contribution is -0.144. The Labute approximate surface area is 243 Å². The SMILES string of the molecule is Cc1ccccc1[C@H]1C[C@@H](NCc2ccc(Cl)cc2)CC[C@@H]1C(=O)N1CC(c2ccccc2)(c2ccccc2)C1. The lowest BCUT2D eigenvalue weighted by Gasteiger charge is -2.53. The van der Waals surface area contributed by atoms with E-state index in [0.29, 0.717) is 11.9 Å². The van der Waals surface area contributed by atoms with Gasteiger partial charge in [-0.15, -0.1) is 0 Å². The summed E-state index contributed by atoms with van der Waals surface area (Å²) in [5.74, 6) is 0.514. The van der Waals surface area contributed by atoms with E-state index in [2.05, 4.69) is 114 Å². The lowest BCUT2D eigenvalue weighted by Crippen LogP contribution is -2.63. The maximum Gasteiger partial charge on any atom is 0.226 e. The number of carbonyl (C=O) groups is 1. The fourth-order valence-electron chi connectivity index (χ4n) is 6.90. The van der Waals surface area contributed by atoms with Crippen molar-refractivity contribution in [2.45, 2.75) is 50.1 Å². The Morgan fingerprint density at radius 3 is 2.05 bits per heavy atom. The Balaban J connectivity index is 1.21. The van der Waals surface area contributed by atoms with Gasteiger partial charge in [-0.2, -0.15) is 0 Å². The highest BCUT2D eigenvalue weighted by atomic mass is 35.5. The fraction of sp³-hybridized carbons (Fsp3) is 0.306. The van der Waals surface area contributed by atoms with E-state index < -0.39 is 0 Å². The molecule has 3 atom stereocenters. The summed E-state index contributed by atoms with van der Waals surface area (Å²) in [5, 5.41) is 4.54. The van der Waals surface area contributed by atoms with Crippen molar-refractivity contribution in [1.29, 1.82) is 0 Å². The van der Waals surface area contributed by atoms with Crippen molar-refractivity contribution in [2.75, 3.05) is 13.1 Å². The van der Waals surface area contributed by atoms with Gasteiger partial charge < -0.3 is 10.2 Å². The average Bonchev–Trinajstić information content (AvgIpc) is 2.97. The molecule has 4 heteroatoms. The number of rotatable bonds is 7. The summed E-state index contributed by atoms with van der Waals surface area (Å²) in [6, 6.07) is 38.5. The summed E-state index contributed by atoms with van der Waals surface area (Å²) in [6.45, 7) is 4.45. The second-order valence-electron chi connectivity index (χ2n) is 11.6. The van der Waals surface area contributed by atoms with Crippen molar-refractivity contribution in [3.63, 3.8) is 0 Å². The standard InChI is InChI=1S/C36H37ClN2O/c1-26-10-8-9-15-32(26)34-22-31(38-23-27-16-18-30(37)19-17-27)20-21-33(34)35(40)39-24-36(25-39,28-11-4-2-5-12-28)29-13-6-3-7-14-29/h2-19,31,33-34,38H,20-25H2,1H3/t31-,33-,34+/m0/s1. The second-order valence-corrected chi connectivity index (χ2v) is 12.0. The van der Waals surface area contributed by atoms with Crippen LogP contribution in [0.15, 0.2) is 109 Å². The van der Waals surface area contributed by atoms with E-state index in [-0.39, 0.29) is 17.3 Å². The van der Waals surface area contributed by atoms with Crippen LogP contribution in [0.4, 0.5) is 0 Å². The van der Waals surface area contributed by atoms with Crippen LogP contribution in [0.5, 0.6) is 0 Å². The number of nitrogens with one attached hydrogen (secondary N) is 1. The van der Waals surface area contributed by atoms with Gasteiger partial charge in [-0.25, -0.2) is 0 Å². The van der Waals surface area contributed by atoms with Crippen LogP contribution in [0.25, 0.3) is 0 Å². The minimum atomic E-state index is -0.145. The Bertz CT molecular complexity index is 1390. The van der Waals surface area contributed by atoms with Crippen LogP contribution in [-0.2, 0) is 16.8 Å². The maximum atomic E-state index is 14.2. The van der Waals surface area contributed by atoms with E-state index in [9.17, 15) is 4.79 Å². The minimum Gasteiger partial charge on any atom is -0.340 e. The zero-order chi connectivity index (χ0) is 27.5. The Morgan fingerprint density at radius 1 is 0.825 bits per heavy atom. The van der Waals surface area contributed by atoms with Gasteiger partial charge in [-0.1, -0.05) is 109 Å². The smallest absolute Gasteiger partial charge is 0.226 e. The quantitative estimate of drug-likeness (QED) is 0.259. The third-order valence-corrected chi connectivity index (χ3v) is 9.40. The summed E-state index contributed by atoms with van der Waals surface area (Å²) in [4.78, 5) is 16.4. The fourth-order valence-corrected chi connectivity index (χ4v) is 7.03. The number of carbonyl (C=O) groups excluding carboxylic acids is 1. The zero-order valence-corrected chi connectivity index (χ0v) is 23.9. The van der Waals surface area contributed by atoms with Crippen LogP contribution < -0.4 is 5.32 Å². The molecule has 1 aliphatic carbocycles. The number of likely N-dealkylation sites (tertiary alicyclic amines) is 1. The van der Waals surface area contributed by atoms with Crippen LogP contribution in [-0.4, -0.2) is 29.9 Å². The third kappa shape index (κ3) is 5.33. The largest absolute Gasteiger partial charge is 0.340 e. The topological polar surface area (TPSA) is 32.3 Å². The molecule has 1 saturated carbocycles. The van der Waals surface area contributed by atoms with Gasteiger partial charge in [0.15, 0.2) is 0 Å². The van der Waals surface area contributed by atoms with E-state index in [1.165, 1.54) is 27.8 Å². The number of aryl methyl sites for hydroxylation is 1. The van der Waals surface area contributed by atoms with Gasteiger partial charge in [0.25, 0.3) is 0 Å². The molecule has 4 aromatic carbocycles. The van der Waals surface area contributed by atoms with Crippen molar-refractivity contribution in [1.82, 2.24) is 10.2 Å². The predicted octanol–water partition coefficient (Wildman–Crippen LogP) is 7.52. The summed E-state index contributed by atoms with van der Waals surface area (Å²) in [7, 11) is 0. The molecule has 3 nitrogen and oxygen atoms in total. The first-order chi connectivity index (χ1) is 19.5. The predicted molar refractivity (Wildman–Crippen MR) is 164 cm³/mol. The molecule has 1 saturated heterocycles. The normalized spacial score (nSPS) is 21.9. The summed E-state index contributed by atoms with van der Waals surface area (Å²) in [6.07, 6.45) is 2.87. The van der Waals surface area contributed by atoms with Crippen molar-refractivity contribution < 1.29 is 4.79 Å². The van der Waals surface area contributed by atoms with E-state index >= 15 is 0 Å². The highest BCUT2D eigenvalue weighted by molar-refractivity contribution is 6.30. The summed E-state index contributed by atoms with van der Waals surface area (Å²) >= 11 is 6.08. The molecule has 1 heterocycles. The zero-order valence-electron chi connectivity index (χ0n) is 23.1. The minimum absolute atomic E-state index is 0.000714. The first-order valence-corrected chi connectivity index (χ1v) is 14.8. The molecule has 0 aromatic heterocycles. The molecule has 0 radical (unpaired) electrons. The van der Waals surface area contributed by atoms with Gasteiger partial charge in [-0.3, -0.25) is 4.79 Å². The molecule has 204 valence electrons. The van der Waals surface area contributed by atoms with Crippen molar-refractivity contribution >= 4 is 17.5 Å². The molecule has 6 rings (SSSR count). The molecule has 0 bridgehead atoms. The molecule has 2 fully saturated rings. The van der Waals surface area contributed by atoms with Crippen LogP contribution in [0.2, 0.25) is 5.02 Å². The van der Waals surface area contributed by atoms with Crippen molar-refractivity contribution in [3.8, 4) is 0 Å². The number of amides is 1. The molecule has 0 unspecified atom stereocenters.